The van der Waals surface area contributed by atoms with Crippen molar-refractivity contribution in [1.29, 1.82) is 0 Å². The van der Waals surface area contributed by atoms with Gasteiger partial charge in [0.05, 0.1) is 30.1 Å². The lowest BCUT2D eigenvalue weighted by Crippen LogP contribution is -2.22. The van der Waals surface area contributed by atoms with E-state index in [-0.39, 0.29) is 0 Å². The van der Waals surface area contributed by atoms with E-state index in [2.05, 4.69) is 50.1 Å². The van der Waals surface area contributed by atoms with Crippen molar-refractivity contribution in [2.24, 2.45) is 0 Å². The number of nitrogens with one attached hydrogen (secondary N) is 2. The normalized spacial score (nSPS) is 11.4. The summed E-state index contributed by atoms with van der Waals surface area (Å²) in [5.74, 6) is 0.650. The molecule has 0 spiro atoms. The molecule has 0 bridgehead atoms. The lowest BCUT2D eigenvalue weighted by atomic mass is 10.2. The number of nitrogens with zero attached hydrogens (tertiary/aromatic N) is 6. The zero-order valence-corrected chi connectivity index (χ0v) is 21.2. The Hall–Kier alpha value is -4.44. The molecule has 0 atom stereocenters. The third-order valence-corrected chi connectivity index (χ3v) is 6.12. The smallest absolute Gasteiger partial charge is 0.411 e. The van der Waals surface area contributed by atoms with Crippen LogP contribution in [-0.4, -0.2) is 62.6 Å². The monoisotopic (exact) mass is 498 g/mol. The van der Waals surface area contributed by atoms with Crippen LogP contribution in [0.1, 0.15) is 18.1 Å². The van der Waals surface area contributed by atoms with Gasteiger partial charge in [0.25, 0.3) is 0 Å². The van der Waals surface area contributed by atoms with Crippen molar-refractivity contribution in [3.05, 3.63) is 78.4 Å². The minimum Gasteiger partial charge on any atom is -0.448 e. The molecule has 37 heavy (non-hydrogen) atoms. The molecule has 0 aliphatic carbocycles. The van der Waals surface area contributed by atoms with Gasteiger partial charge >= 0.3 is 6.09 Å². The van der Waals surface area contributed by atoms with Crippen molar-refractivity contribution in [2.75, 3.05) is 37.9 Å². The molecule has 5 aromatic rings. The lowest BCUT2D eigenvalue weighted by Gasteiger charge is -2.11. The first kappa shape index (κ1) is 24.3. The van der Waals surface area contributed by atoms with Gasteiger partial charge in [-0.3, -0.25) is 10.00 Å². The van der Waals surface area contributed by atoms with Gasteiger partial charge in [0, 0.05) is 23.2 Å². The minimum absolute atomic E-state index is 0.310. The van der Waals surface area contributed by atoms with E-state index in [0.29, 0.717) is 37.6 Å². The molecule has 10 nitrogen and oxygen atoms in total. The molecule has 0 aliphatic rings. The maximum absolute atomic E-state index is 12.3. The van der Waals surface area contributed by atoms with Crippen molar-refractivity contribution >= 4 is 39.7 Å². The molecule has 0 fully saturated rings. The number of carbonyl (C=O) groups excluding carboxylic acids is 1. The van der Waals surface area contributed by atoms with E-state index in [1.165, 1.54) is 11.9 Å². The van der Waals surface area contributed by atoms with Gasteiger partial charge in [-0.25, -0.2) is 14.3 Å². The second kappa shape index (κ2) is 10.7. The van der Waals surface area contributed by atoms with Gasteiger partial charge in [-0.1, -0.05) is 37.3 Å². The standard InChI is InChI=1S/C27H30N8O2/c1-4-22-23(32-27(36)37-13-12-33(2)3)17-35-25(22)26(28-18-30-35)31-21-10-11-24-20(14-21)15-29-34(24)16-19-8-6-5-7-9-19/h5-11,14-15,17-18H,4,12-13,16H2,1-3H3,(H,32,36)(H,28,30,31). The first-order valence-electron chi connectivity index (χ1n) is 12.2. The highest BCUT2D eigenvalue weighted by Crippen LogP contribution is 2.30. The topological polar surface area (TPSA) is 102 Å². The average Bonchev–Trinajstić information content (AvgIpc) is 3.45. The van der Waals surface area contributed by atoms with E-state index in [1.807, 2.05) is 61.1 Å². The Labute approximate surface area is 214 Å². The molecule has 1 amide bonds. The quantitative estimate of drug-likeness (QED) is 0.308. The summed E-state index contributed by atoms with van der Waals surface area (Å²) in [6.07, 6.45) is 5.33. The number of rotatable bonds is 9. The van der Waals surface area contributed by atoms with Crippen LogP contribution in [0.2, 0.25) is 0 Å². The van der Waals surface area contributed by atoms with Gasteiger partial charge in [-0.2, -0.15) is 10.2 Å². The third kappa shape index (κ3) is 5.39. The van der Waals surface area contributed by atoms with Gasteiger partial charge in [0.2, 0.25) is 0 Å². The number of hydrogen-bond donors (Lipinski definition) is 2. The fraction of sp³-hybridized carbons (Fsp3) is 0.259. The molecular formula is C27H30N8O2. The molecule has 2 aromatic carbocycles. The van der Waals surface area contributed by atoms with Gasteiger partial charge in [0.15, 0.2) is 5.82 Å². The van der Waals surface area contributed by atoms with Crippen molar-refractivity contribution < 1.29 is 9.53 Å². The molecule has 0 aliphatic heterocycles. The number of anilines is 3. The van der Waals surface area contributed by atoms with Crippen LogP contribution in [-0.2, 0) is 17.7 Å². The molecule has 5 rings (SSSR count). The number of aryl methyl sites for hydroxylation is 1. The van der Waals surface area contributed by atoms with Gasteiger partial charge in [0.1, 0.15) is 18.5 Å². The number of aromatic nitrogens is 5. The van der Waals surface area contributed by atoms with Crippen LogP contribution in [0, 0.1) is 0 Å². The average molecular weight is 499 g/mol. The number of ether oxygens (including phenoxy) is 1. The van der Waals surface area contributed by atoms with E-state index < -0.39 is 6.09 Å². The molecule has 0 unspecified atom stereocenters. The predicted molar refractivity (Wildman–Crippen MR) is 144 cm³/mol. The Balaban J connectivity index is 1.38. The maximum Gasteiger partial charge on any atom is 0.411 e. The van der Waals surface area contributed by atoms with Crippen molar-refractivity contribution in [3.8, 4) is 0 Å². The Morgan fingerprint density at radius 3 is 2.73 bits per heavy atom. The summed E-state index contributed by atoms with van der Waals surface area (Å²) >= 11 is 0. The van der Waals surface area contributed by atoms with Crippen molar-refractivity contribution in [2.45, 2.75) is 19.9 Å². The Kier molecular flexibility index (Phi) is 7.00. The van der Waals surface area contributed by atoms with E-state index in [0.717, 1.165) is 27.7 Å². The lowest BCUT2D eigenvalue weighted by molar-refractivity contribution is 0.151. The van der Waals surface area contributed by atoms with Crippen LogP contribution in [0.15, 0.2) is 67.3 Å². The number of hydrogen-bond acceptors (Lipinski definition) is 7. The third-order valence-electron chi connectivity index (χ3n) is 6.12. The van der Waals surface area contributed by atoms with Crippen LogP contribution in [0.4, 0.5) is 22.0 Å². The van der Waals surface area contributed by atoms with Crippen LogP contribution < -0.4 is 10.6 Å². The summed E-state index contributed by atoms with van der Waals surface area (Å²) in [5, 5.41) is 16.2. The molecule has 3 heterocycles. The largest absolute Gasteiger partial charge is 0.448 e. The predicted octanol–water partition coefficient (Wildman–Crippen LogP) is 4.54. The van der Waals surface area contributed by atoms with Gasteiger partial charge in [-0.05, 0) is 44.3 Å². The summed E-state index contributed by atoms with van der Waals surface area (Å²) in [6.45, 7) is 3.70. The van der Waals surface area contributed by atoms with Crippen molar-refractivity contribution in [1.82, 2.24) is 29.3 Å². The Morgan fingerprint density at radius 1 is 1.11 bits per heavy atom. The highest BCUT2D eigenvalue weighted by atomic mass is 16.5. The van der Waals surface area contributed by atoms with Gasteiger partial charge in [-0.15, -0.1) is 0 Å². The summed E-state index contributed by atoms with van der Waals surface area (Å²) in [4.78, 5) is 18.8. The molecule has 0 radical (unpaired) electrons. The summed E-state index contributed by atoms with van der Waals surface area (Å²) < 4.78 is 9.02. The Morgan fingerprint density at radius 2 is 1.95 bits per heavy atom. The number of benzene rings is 2. The molecule has 10 heteroatoms. The Bertz CT molecular complexity index is 1520. The number of carbonyl (C=O) groups is 1. The molecule has 3 aromatic heterocycles. The van der Waals surface area contributed by atoms with E-state index in [1.54, 1.807) is 10.7 Å². The molecule has 190 valence electrons. The second-order valence-electron chi connectivity index (χ2n) is 9.03. The van der Waals surface area contributed by atoms with E-state index in [4.69, 9.17) is 4.74 Å². The van der Waals surface area contributed by atoms with Crippen LogP contribution in [0.3, 0.4) is 0 Å². The molecular weight excluding hydrogens is 468 g/mol. The van der Waals surface area contributed by atoms with E-state index >= 15 is 0 Å². The first-order chi connectivity index (χ1) is 18.0. The highest BCUT2D eigenvalue weighted by molar-refractivity contribution is 5.91. The number of likely N-dealkylation sites (N-methyl/N-ethyl adjacent to an activating group) is 1. The summed E-state index contributed by atoms with van der Waals surface area (Å²) in [7, 11) is 3.86. The van der Waals surface area contributed by atoms with E-state index in [9.17, 15) is 4.79 Å². The fourth-order valence-electron chi connectivity index (χ4n) is 4.28. The minimum atomic E-state index is -0.493. The second-order valence-corrected chi connectivity index (χ2v) is 9.03. The highest BCUT2D eigenvalue weighted by Gasteiger charge is 2.17. The van der Waals surface area contributed by atoms with Gasteiger partial charge < -0.3 is 15.0 Å². The number of amides is 1. The van der Waals surface area contributed by atoms with Crippen LogP contribution in [0.5, 0.6) is 0 Å². The van der Waals surface area contributed by atoms with Crippen molar-refractivity contribution in [3.63, 3.8) is 0 Å². The SMILES string of the molecule is CCc1c(NC(=O)OCCN(C)C)cn2ncnc(Nc3ccc4c(cnn4Cc4ccccc4)c3)c12. The van der Waals surface area contributed by atoms with Crippen LogP contribution >= 0.6 is 0 Å². The molecule has 2 N–H and O–H groups in total. The zero-order chi connectivity index (χ0) is 25.8. The summed E-state index contributed by atoms with van der Waals surface area (Å²) in [5.41, 5.74) is 5.51. The maximum atomic E-state index is 12.3. The zero-order valence-electron chi connectivity index (χ0n) is 21.2. The first-order valence-corrected chi connectivity index (χ1v) is 12.2. The van der Waals surface area contributed by atoms with Crippen LogP contribution in [0.25, 0.3) is 16.4 Å². The fourth-order valence-corrected chi connectivity index (χ4v) is 4.28. The number of fused-ring (bicyclic) bond motifs is 2. The molecule has 0 saturated carbocycles. The summed E-state index contributed by atoms with van der Waals surface area (Å²) in [6, 6.07) is 16.4. The molecule has 0 saturated heterocycles.